The van der Waals surface area contributed by atoms with Crippen LogP contribution in [0.4, 0.5) is 5.69 Å². The van der Waals surface area contributed by atoms with Crippen LogP contribution in [-0.2, 0) is 4.79 Å². The predicted octanol–water partition coefficient (Wildman–Crippen LogP) is 2.66. The van der Waals surface area contributed by atoms with Crippen molar-refractivity contribution in [1.29, 1.82) is 0 Å². The number of carbonyl (C=O) groups is 1. The van der Waals surface area contributed by atoms with Crippen molar-refractivity contribution in [3.05, 3.63) is 29.8 Å². The Morgan fingerprint density at radius 1 is 1.30 bits per heavy atom. The third-order valence-corrected chi connectivity index (χ3v) is 3.92. The van der Waals surface area contributed by atoms with Gasteiger partial charge in [-0.05, 0) is 52.3 Å². The molecule has 0 aliphatic carbocycles. The Labute approximate surface area is 121 Å². The Morgan fingerprint density at radius 3 is 2.40 bits per heavy atom. The molecule has 0 saturated carbocycles. The largest absolute Gasteiger partial charge is 0.480 e. The summed E-state index contributed by atoms with van der Waals surface area (Å²) in [6.07, 6.45) is 2.51. The van der Waals surface area contributed by atoms with E-state index in [4.69, 9.17) is 0 Å². The highest BCUT2D eigenvalue weighted by molar-refractivity contribution is 5.78. The fourth-order valence-electron chi connectivity index (χ4n) is 2.09. The SMILES string of the molecule is CNC(C)(CCCCN(C)c1ccc(C)cc1)C(=O)O. The summed E-state index contributed by atoms with van der Waals surface area (Å²) in [5.41, 5.74) is 1.64. The molecule has 0 spiro atoms. The average Bonchev–Trinajstić information content (AvgIpc) is 2.43. The Bertz CT molecular complexity index is 431. The van der Waals surface area contributed by atoms with E-state index in [1.165, 1.54) is 11.3 Å². The van der Waals surface area contributed by atoms with E-state index >= 15 is 0 Å². The lowest BCUT2D eigenvalue weighted by molar-refractivity contribution is -0.144. The summed E-state index contributed by atoms with van der Waals surface area (Å²) in [7, 11) is 3.77. The van der Waals surface area contributed by atoms with E-state index in [1.807, 2.05) is 0 Å². The monoisotopic (exact) mass is 278 g/mol. The molecule has 0 amide bonds. The highest BCUT2D eigenvalue weighted by Crippen LogP contribution is 2.17. The average molecular weight is 278 g/mol. The molecule has 0 fully saturated rings. The van der Waals surface area contributed by atoms with E-state index < -0.39 is 11.5 Å². The van der Waals surface area contributed by atoms with Crippen LogP contribution in [0.15, 0.2) is 24.3 Å². The highest BCUT2D eigenvalue weighted by atomic mass is 16.4. The first kappa shape index (κ1) is 16.5. The van der Waals surface area contributed by atoms with Crippen molar-refractivity contribution < 1.29 is 9.90 Å². The van der Waals surface area contributed by atoms with Gasteiger partial charge in [-0.3, -0.25) is 4.79 Å². The van der Waals surface area contributed by atoms with Crippen molar-refractivity contribution in [1.82, 2.24) is 5.32 Å². The smallest absolute Gasteiger partial charge is 0.323 e. The zero-order chi connectivity index (χ0) is 15.2. The van der Waals surface area contributed by atoms with Crippen LogP contribution in [0.3, 0.4) is 0 Å². The topological polar surface area (TPSA) is 52.6 Å². The molecule has 0 saturated heterocycles. The molecule has 1 atom stereocenters. The van der Waals surface area contributed by atoms with Crippen molar-refractivity contribution in [3.63, 3.8) is 0 Å². The quantitative estimate of drug-likeness (QED) is 0.718. The van der Waals surface area contributed by atoms with Crippen LogP contribution in [0.2, 0.25) is 0 Å². The fraction of sp³-hybridized carbons (Fsp3) is 0.562. The number of nitrogens with zero attached hydrogens (tertiary/aromatic N) is 1. The summed E-state index contributed by atoms with van der Waals surface area (Å²) in [5.74, 6) is -0.785. The lowest BCUT2D eigenvalue weighted by Gasteiger charge is -2.25. The summed E-state index contributed by atoms with van der Waals surface area (Å²) < 4.78 is 0. The van der Waals surface area contributed by atoms with Gasteiger partial charge in [-0.1, -0.05) is 17.7 Å². The first-order chi connectivity index (χ1) is 9.39. The molecule has 0 heterocycles. The molecule has 1 unspecified atom stereocenters. The summed E-state index contributed by atoms with van der Waals surface area (Å²) in [6.45, 7) is 4.75. The normalized spacial score (nSPS) is 13.8. The summed E-state index contributed by atoms with van der Waals surface area (Å²) >= 11 is 0. The number of carboxylic acids is 1. The maximum absolute atomic E-state index is 11.2. The number of hydrogen-bond donors (Lipinski definition) is 2. The van der Waals surface area contributed by atoms with Gasteiger partial charge < -0.3 is 15.3 Å². The summed E-state index contributed by atoms with van der Waals surface area (Å²) in [6, 6.07) is 8.44. The molecule has 1 aromatic rings. The number of rotatable bonds is 8. The van der Waals surface area contributed by atoms with Crippen molar-refractivity contribution in [2.75, 3.05) is 25.5 Å². The minimum absolute atomic E-state index is 0.639. The maximum atomic E-state index is 11.2. The standard InChI is InChI=1S/C16H26N2O2/c1-13-7-9-14(10-8-13)18(4)12-6-5-11-16(2,17-3)15(19)20/h7-10,17H,5-6,11-12H2,1-4H3,(H,19,20). The number of nitrogens with one attached hydrogen (secondary N) is 1. The summed E-state index contributed by atoms with van der Waals surface area (Å²) in [4.78, 5) is 13.4. The Kier molecular flexibility index (Phi) is 6.02. The molecule has 1 aromatic carbocycles. The Morgan fingerprint density at radius 2 is 1.90 bits per heavy atom. The van der Waals surface area contributed by atoms with Gasteiger partial charge in [0.1, 0.15) is 5.54 Å². The van der Waals surface area contributed by atoms with Crippen LogP contribution in [0.5, 0.6) is 0 Å². The van der Waals surface area contributed by atoms with Crippen molar-refractivity contribution in [2.24, 2.45) is 0 Å². The zero-order valence-electron chi connectivity index (χ0n) is 12.9. The third-order valence-electron chi connectivity index (χ3n) is 3.92. The number of aryl methyl sites for hydroxylation is 1. The molecule has 0 aliphatic rings. The third kappa shape index (κ3) is 4.53. The van der Waals surface area contributed by atoms with Crippen LogP contribution in [0.25, 0.3) is 0 Å². The molecule has 0 aliphatic heterocycles. The number of benzene rings is 1. The fourth-order valence-corrected chi connectivity index (χ4v) is 2.09. The number of anilines is 1. The van der Waals surface area contributed by atoms with E-state index in [0.29, 0.717) is 6.42 Å². The van der Waals surface area contributed by atoms with Crippen molar-refractivity contribution >= 4 is 11.7 Å². The molecular formula is C16H26N2O2. The molecule has 0 aromatic heterocycles. The molecule has 2 N–H and O–H groups in total. The van der Waals surface area contributed by atoms with E-state index in [1.54, 1.807) is 14.0 Å². The van der Waals surface area contributed by atoms with Gasteiger partial charge in [0.15, 0.2) is 0 Å². The highest BCUT2D eigenvalue weighted by Gasteiger charge is 2.30. The molecule has 20 heavy (non-hydrogen) atoms. The van der Waals surface area contributed by atoms with E-state index in [9.17, 15) is 9.90 Å². The second-order valence-electron chi connectivity index (χ2n) is 5.60. The minimum Gasteiger partial charge on any atom is -0.480 e. The van der Waals surface area contributed by atoms with Crippen LogP contribution < -0.4 is 10.2 Å². The molecule has 112 valence electrons. The van der Waals surface area contributed by atoms with Crippen molar-refractivity contribution in [3.8, 4) is 0 Å². The Hall–Kier alpha value is -1.55. The number of unbranched alkanes of at least 4 members (excludes halogenated alkanes) is 1. The first-order valence-corrected chi connectivity index (χ1v) is 7.09. The molecule has 4 heteroatoms. The predicted molar refractivity (Wildman–Crippen MR) is 83.4 cm³/mol. The van der Waals surface area contributed by atoms with Gasteiger partial charge in [-0.2, -0.15) is 0 Å². The lowest BCUT2D eigenvalue weighted by Crippen LogP contribution is -2.47. The van der Waals surface area contributed by atoms with E-state index in [0.717, 1.165) is 19.4 Å². The van der Waals surface area contributed by atoms with E-state index in [2.05, 4.69) is 48.5 Å². The number of aliphatic carboxylic acids is 1. The van der Waals surface area contributed by atoms with Gasteiger partial charge in [0, 0.05) is 19.3 Å². The Balaban J connectivity index is 2.37. The van der Waals surface area contributed by atoms with Crippen LogP contribution in [-0.4, -0.2) is 37.3 Å². The molecular weight excluding hydrogens is 252 g/mol. The van der Waals surface area contributed by atoms with Crippen LogP contribution in [0, 0.1) is 6.92 Å². The molecule has 4 nitrogen and oxygen atoms in total. The van der Waals surface area contributed by atoms with Crippen LogP contribution in [0.1, 0.15) is 31.7 Å². The lowest BCUT2D eigenvalue weighted by atomic mass is 9.95. The number of hydrogen-bond acceptors (Lipinski definition) is 3. The van der Waals surface area contributed by atoms with Gasteiger partial charge in [-0.15, -0.1) is 0 Å². The summed E-state index contributed by atoms with van der Waals surface area (Å²) in [5, 5.41) is 12.1. The minimum atomic E-state index is -0.817. The molecule has 1 rings (SSSR count). The van der Waals surface area contributed by atoms with Gasteiger partial charge in [-0.25, -0.2) is 0 Å². The molecule has 0 bridgehead atoms. The van der Waals surface area contributed by atoms with Gasteiger partial charge in [0.25, 0.3) is 0 Å². The van der Waals surface area contributed by atoms with Crippen molar-refractivity contribution in [2.45, 2.75) is 38.6 Å². The molecule has 0 radical (unpaired) electrons. The second kappa shape index (κ2) is 7.29. The maximum Gasteiger partial charge on any atom is 0.323 e. The van der Waals surface area contributed by atoms with Gasteiger partial charge in [0.05, 0.1) is 0 Å². The van der Waals surface area contributed by atoms with Gasteiger partial charge >= 0.3 is 5.97 Å². The van der Waals surface area contributed by atoms with Crippen LogP contribution >= 0.6 is 0 Å². The van der Waals surface area contributed by atoms with E-state index in [-0.39, 0.29) is 0 Å². The zero-order valence-corrected chi connectivity index (χ0v) is 12.9. The second-order valence-corrected chi connectivity index (χ2v) is 5.60. The first-order valence-electron chi connectivity index (χ1n) is 7.09. The number of carboxylic acid groups (broad SMARTS) is 1. The van der Waals surface area contributed by atoms with Gasteiger partial charge in [0.2, 0.25) is 0 Å². The number of likely N-dealkylation sites (N-methyl/N-ethyl adjacent to an activating group) is 1.